The molecule has 5 rings (SSSR count). The van der Waals surface area contributed by atoms with E-state index in [1.807, 2.05) is 25.3 Å². The van der Waals surface area contributed by atoms with Crippen molar-refractivity contribution in [2.75, 3.05) is 32.1 Å². The van der Waals surface area contributed by atoms with Crippen molar-refractivity contribution in [3.63, 3.8) is 0 Å². The summed E-state index contributed by atoms with van der Waals surface area (Å²) in [6, 6.07) is 15.2. The SMILES string of the molecule is Cc1c(-c2ccccc2)c(N2CC[C@H](N(C)C)C2)c2c(oc3ccncc32)c1C#N. The second kappa shape index (κ2) is 7.16. The predicted octanol–water partition coefficient (Wildman–Crippen LogP) is 4.97. The van der Waals surface area contributed by atoms with Gasteiger partial charge < -0.3 is 14.2 Å². The Morgan fingerprint density at radius 3 is 2.70 bits per heavy atom. The van der Waals surface area contributed by atoms with Gasteiger partial charge in [-0.3, -0.25) is 4.98 Å². The van der Waals surface area contributed by atoms with Crippen LogP contribution in [0.4, 0.5) is 5.69 Å². The number of nitriles is 1. The zero-order valence-corrected chi connectivity index (χ0v) is 17.5. The minimum Gasteiger partial charge on any atom is -0.454 e. The topological polar surface area (TPSA) is 56.3 Å². The van der Waals surface area contributed by atoms with Crippen LogP contribution in [0, 0.1) is 18.3 Å². The molecule has 2 aromatic heterocycles. The molecule has 0 bridgehead atoms. The van der Waals surface area contributed by atoms with Gasteiger partial charge in [-0.2, -0.15) is 5.26 Å². The number of benzene rings is 2. The van der Waals surface area contributed by atoms with E-state index in [0.717, 1.165) is 58.2 Å². The fraction of sp³-hybridized carbons (Fsp3) is 0.280. The van der Waals surface area contributed by atoms with Crippen molar-refractivity contribution in [2.45, 2.75) is 19.4 Å². The first-order valence-electron chi connectivity index (χ1n) is 10.3. The Morgan fingerprint density at radius 1 is 1.20 bits per heavy atom. The fourth-order valence-electron chi connectivity index (χ4n) is 4.73. The zero-order chi connectivity index (χ0) is 20.8. The number of likely N-dealkylation sites (N-methyl/N-ethyl adjacent to an activating group) is 1. The third kappa shape index (κ3) is 2.76. The van der Waals surface area contributed by atoms with Gasteiger partial charge in [0.05, 0.1) is 16.6 Å². The Morgan fingerprint density at radius 2 is 2.00 bits per heavy atom. The van der Waals surface area contributed by atoms with E-state index >= 15 is 0 Å². The Hall–Kier alpha value is -3.36. The highest BCUT2D eigenvalue weighted by Crippen LogP contribution is 2.47. The summed E-state index contributed by atoms with van der Waals surface area (Å²) in [6.07, 6.45) is 4.70. The maximum atomic E-state index is 10.0. The molecule has 2 aromatic carbocycles. The van der Waals surface area contributed by atoms with Gasteiger partial charge in [-0.15, -0.1) is 0 Å². The van der Waals surface area contributed by atoms with Crippen LogP contribution in [0.2, 0.25) is 0 Å². The first-order chi connectivity index (χ1) is 14.6. The van der Waals surface area contributed by atoms with Crippen molar-refractivity contribution in [1.29, 1.82) is 5.26 Å². The molecule has 1 atom stereocenters. The summed E-state index contributed by atoms with van der Waals surface area (Å²) >= 11 is 0. The van der Waals surface area contributed by atoms with Gasteiger partial charge in [-0.25, -0.2) is 0 Å². The van der Waals surface area contributed by atoms with E-state index in [1.54, 1.807) is 6.20 Å². The van der Waals surface area contributed by atoms with Crippen LogP contribution in [0.5, 0.6) is 0 Å². The molecule has 1 aliphatic heterocycles. The molecule has 150 valence electrons. The van der Waals surface area contributed by atoms with Crippen LogP contribution < -0.4 is 4.90 Å². The lowest BCUT2D eigenvalue weighted by Crippen LogP contribution is -2.31. The molecule has 1 fully saturated rings. The van der Waals surface area contributed by atoms with E-state index in [2.05, 4.69) is 59.2 Å². The second-order valence-corrected chi connectivity index (χ2v) is 8.23. The molecule has 1 saturated heterocycles. The van der Waals surface area contributed by atoms with E-state index in [9.17, 15) is 5.26 Å². The largest absolute Gasteiger partial charge is 0.454 e. The van der Waals surface area contributed by atoms with Crippen LogP contribution in [-0.2, 0) is 0 Å². The summed E-state index contributed by atoms with van der Waals surface area (Å²) in [7, 11) is 4.28. The number of pyridine rings is 1. The summed E-state index contributed by atoms with van der Waals surface area (Å²) < 4.78 is 6.22. The molecule has 0 saturated carbocycles. The maximum absolute atomic E-state index is 10.0. The minimum atomic E-state index is 0.496. The van der Waals surface area contributed by atoms with Gasteiger partial charge in [0, 0.05) is 42.5 Å². The maximum Gasteiger partial charge on any atom is 0.155 e. The molecule has 0 aliphatic carbocycles. The smallest absolute Gasteiger partial charge is 0.155 e. The quantitative estimate of drug-likeness (QED) is 0.489. The van der Waals surface area contributed by atoms with E-state index in [1.165, 1.54) is 0 Å². The lowest BCUT2D eigenvalue weighted by Gasteiger charge is -2.26. The normalized spacial score (nSPS) is 16.6. The highest BCUT2D eigenvalue weighted by Gasteiger charge is 2.31. The fourth-order valence-corrected chi connectivity index (χ4v) is 4.73. The number of fused-ring (bicyclic) bond motifs is 3. The zero-order valence-electron chi connectivity index (χ0n) is 17.5. The number of hydrogen-bond donors (Lipinski definition) is 0. The summed E-state index contributed by atoms with van der Waals surface area (Å²) in [6.45, 7) is 3.95. The molecule has 0 N–H and O–H groups in total. The van der Waals surface area contributed by atoms with Crippen molar-refractivity contribution >= 4 is 27.6 Å². The molecule has 5 heteroatoms. The molecule has 30 heavy (non-hydrogen) atoms. The van der Waals surface area contributed by atoms with Gasteiger partial charge in [0.1, 0.15) is 11.7 Å². The number of nitrogens with zero attached hydrogens (tertiary/aromatic N) is 4. The first-order valence-corrected chi connectivity index (χ1v) is 10.3. The van der Waals surface area contributed by atoms with Crippen molar-refractivity contribution in [3.05, 3.63) is 59.9 Å². The van der Waals surface area contributed by atoms with E-state index in [0.29, 0.717) is 17.2 Å². The van der Waals surface area contributed by atoms with Crippen molar-refractivity contribution in [2.24, 2.45) is 0 Å². The third-order valence-electron chi connectivity index (χ3n) is 6.32. The number of rotatable bonds is 3. The Kier molecular flexibility index (Phi) is 4.45. The lowest BCUT2D eigenvalue weighted by atomic mass is 9.91. The van der Waals surface area contributed by atoms with Crippen molar-refractivity contribution < 1.29 is 4.42 Å². The van der Waals surface area contributed by atoms with Gasteiger partial charge in [0.25, 0.3) is 0 Å². The molecule has 0 spiro atoms. The highest BCUT2D eigenvalue weighted by molar-refractivity contribution is 6.17. The standard InChI is InChI=1S/C25H24N4O/c1-16-19(13-26)25-23(20-14-27-11-9-21(20)30-25)24(22(16)17-7-5-4-6-8-17)29-12-10-18(15-29)28(2)3/h4-9,11,14,18H,10,12,15H2,1-3H3/t18-/m0/s1. The Bertz CT molecular complexity index is 1280. The summed E-state index contributed by atoms with van der Waals surface area (Å²) in [5.41, 5.74) is 6.40. The highest BCUT2D eigenvalue weighted by atomic mass is 16.3. The third-order valence-corrected chi connectivity index (χ3v) is 6.32. The van der Waals surface area contributed by atoms with Crippen LogP contribution in [0.15, 0.2) is 53.2 Å². The van der Waals surface area contributed by atoms with Gasteiger partial charge >= 0.3 is 0 Å². The number of hydrogen-bond acceptors (Lipinski definition) is 5. The van der Waals surface area contributed by atoms with Crippen molar-refractivity contribution in [3.8, 4) is 17.2 Å². The van der Waals surface area contributed by atoms with Crippen LogP contribution >= 0.6 is 0 Å². The van der Waals surface area contributed by atoms with Crippen LogP contribution in [0.3, 0.4) is 0 Å². The Labute approximate surface area is 176 Å². The van der Waals surface area contributed by atoms with Gasteiger partial charge in [-0.05, 0) is 44.6 Å². The van der Waals surface area contributed by atoms with Gasteiger partial charge in [0.15, 0.2) is 5.58 Å². The summed E-state index contributed by atoms with van der Waals surface area (Å²) in [4.78, 5) is 9.12. The number of furan rings is 1. The summed E-state index contributed by atoms with van der Waals surface area (Å²) in [5, 5.41) is 12.0. The monoisotopic (exact) mass is 396 g/mol. The lowest BCUT2D eigenvalue weighted by molar-refractivity contribution is 0.315. The average molecular weight is 396 g/mol. The predicted molar refractivity (Wildman–Crippen MR) is 121 cm³/mol. The first kappa shape index (κ1) is 18.7. The van der Waals surface area contributed by atoms with E-state index < -0.39 is 0 Å². The molecule has 4 aromatic rings. The average Bonchev–Trinajstić information content (AvgIpc) is 3.39. The number of aromatic nitrogens is 1. The minimum absolute atomic E-state index is 0.496. The Balaban J connectivity index is 1.91. The van der Waals surface area contributed by atoms with E-state index in [-0.39, 0.29) is 0 Å². The van der Waals surface area contributed by atoms with E-state index in [4.69, 9.17) is 4.42 Å². The van der Waals surface area contributed by atoms with Gasteiger partial charge in [0.2, 0.25) is 0 Å². The summed E-state index contributed by atoms with van der Waals surface area (Å²) in [5.74, 6) is 0. The molecular weight excluding hydrogens is 372 g/mol. The molecule has 3 heterocycles. The molecule has 0 unspecified atom stereocenters. The number of anilines is 1. The second-order valence-electron chi connectivity index (χ2n) is 8.23. The molecule has 0 amide bonds. The molecule has 5 nitrogen and oxygen atoms in total. The van der Waals surface area contributed by atoms with Crippen LogP contribution in [0.1, 0.15) is 17.5 Å². The molecule has 1 aliphatic rings. The van der Waals surface area contributed by atoms with Crippen LogP contribution in [0.25, 0.3) is 33.1 Å². The van der Waals surface area contributed by atoms with Gasteiger partial charge in [-0.1, -0.05) is 30.3 Å². The molecule has 0 radical (unpaired) electrons. The van der Waals surface area contributed by atoms with Crippen LogP contribution in [-0.4, -0.2) is 43.1 Å². The molecular formula is C25H24N4O. The van der Waals surface area contributed by atoms with Crippen molar-refractivity contribution in [1.82, 2.24) is 9.88 Å².